The minimum absolute atomic E-state index is 0.0776. The summed E-state index contributed by atoms with van der Waals surface area (Å²) < 4.78 is 10.7. The van der Waals surface area contributed by atoms with Crippen molar-refractivity contribution in [1.29, 1.82) is 0 Å². The molecule has 1 atom stereocenters. The fourth-order valence-electron chi connectivity index (χ4n) is 1.72. The van der Waals surface area contributed by atoms with Crippen molar-refractivity contribution in [1.82, 2.24) is 10.1 Å². The van der Waals surface area contributed by atoms with Gasteiger partial charge in [0.2, 0.25) is 11.7 Å². The van der Waals surface area contributed by atoms with E-state index in [9.17, 15) is 0 Å². The van der Waals surface area contributed by atoms with Crippen LogP contribution >= 0.6 is 0 Å². The minimum Gasteiger partial charge on any atom is -0.373 e. The summed E-state index contributed by atoms with van der Waals surface area (Å²) in [5, 5.41) is 4.00. The van der Waals surface area contributed by atoms with Crippen molar-refractivity contribution in [2.75, 3.05) is 13.7 Å². The molecule has 98 valence electrons. The van der Waals surface area contributed by atoms with Gasteiger partial charge < -0.3 is 15.0 Å². The van der Waals surface area contributed by atoms with E-state index in [1.54, 1.807) is 7.11 Å². The van der Waals surface area contributed by atoms with Gasteiger partial charge in [-0.05, 0) is 19.4 Å². The molecule has 5 heteroatoms. The lowest BCUT2D eigenvalue weighted by atomic mass is 9.89. The van der Waals surface area contributed by atoms with Gasteiger partial charge in [-0.15, -0.1) is 0 Å². The zero-order chi connectivity index (χ0) is 12.9. The summed E-state index contributed by atoms with van der Waals surface area (Å²) in [4.78, 5) is 4.43. The summed E-state index contributed by atoms with van der Waals surface area (Å²) in [6.07, 6.45) is 2.66. The molecule has 0 saturated heterocycles. The van der Waals surface area contributed by atoms with Crippen LogP contribution in [0.15, 0.2) is 4.52 Å². The van der Waals surface area contributed by atoms with Crippen LogP contribution in [0.4, 0.5) is 0 Å². The van der Waals surface area contributed by atoms with Crippen LogP contribution in [0, 0.1) is 0 Å². The molecule has 0 amide bonds. The van der Waals surface area contributed by atoms with Gasteiger partial charge in [0, 0.05) is 12.5 Å². The fourth-order valence-corrected chi connectivity index (χ4v) is 1.72. The van der Waals surface area contributed by atoms with Crippen LogP contribution < -0.4 is 5.73 Å². The molecule has 0 aliphatic carbocycles. The maximum absolute atomic E-state index is 5.58. The SMILES string of the molecule is CCCC(OC)c1noc(C(C)(C)CCN)n1. The number of ether oxygens (including phenoxy) is 1. The second kappa shape index (κ2) is 6.12. The van der Waals surface area contributed by atoms with Gasteiger partial charge >= 0.3 is 0 Å². The number of nitrogens with two attached hydrogens (primary N) is 1. The lowest BCUT2D eigenvalue weighted by Crippen LogP contribution is -2.22. The zero-order valence-electron chi connectivity index (χ0n) is 11.2. The van der Waals surface area contributed by atoms with Crippen LogP contribution in [-0.4, -0.2) is 23.8 Å². The highest BCUT2D eigenvalue weighted by Gasteiger charge is 2.28. The molecule has 1 aromatic rings. The second-order valence-electron chi connectivity index (χ2n) is 4.89. The number of hydrogen-bond acceptors (Lipinski definition) is 5. The molecule has 5 nitrogen and oxygen atoms in total. The number of aromatic nitrogens is 2. The number of methoxy groups -OCH3 is 1. The van der Waals surface area contributed by atoms with Crippen molar-refractivity contribution >= 4 is 0 Å². The molecule has 0 radical (unpaired) electrons. The Kier molecular flexibility index (Phi) is 5.08. The van der Waals surface area contributed by atoms with Crippen molar-refractivity contribution in [2.45, 2.75) is 51.6 Å². The second-order valence-corrected chi connectivity index (χ2v) is 4.89. The Labute approximate surface area is 103 Å². The van der Waals surface area contributed by atoms with Crippen molar-refractivity contribution in [3.63, 3.8) is 0 Å². The summed E-state index contributed by atoms with van der Waals surface area (Å²) in [7, 11) is 1.67. The van der Waals surface area contributed by atoms with E-state index in [2.05, 4.69) is 30.9 Å². The summed E-state index contributed by atoms with van der Waals surface area (Å²) in [5.41, 5.74) is 5.40. The average molecular weight is 241 g/mol. The quantitative estimate of drug-likeness (QED) is 0.792. The predicted octanol–water partition coefficient (Wildman–Crippen LogP) is 2.18. The van der Waals surface area contributed by atoms with E-state index >= 15 is 0 Å². The molecule has 0 bridgehead atoms. The molecule has 0 fully saturated rings. The molecule has 1 rings (SSSR count). The minimum atomic E-state index is -0.176. The van der Waals surface area contributed by atoms with E-state index in [0.29, 0.717) is 18.3 Å². The van der Waals surface area contributed by atoms with Crippen LogP contribution in [0.1, 0.15) is 57.9 Å². The molecule has 0 aromatic carbocycles. The first kappa shape index (κ1) is 14.1. The van der Waals surface area contributed by atoms with Crippen LogP contribution in [0.2, 0.25) is 0 Å². The molecule has 0 spiro atoms. The monoisotopic (exact) mass is 241 g/mol. The highest BCUT2D eigenvalue weighted by Crippen LogP contribution is 2.27. The Hall–Kier alpha value is -0.940. The van der Waals surface area contributed by atoms with Gasteiger partial charge in [-0.1, -0.05) is 32.3 Å². The smallest absolute Gasteiger partial charge is 0.232 e. The molecule has 2 N–H and O–H groups in total. The van der Waals surface area contributed by atoms with Gasteiger partial charge in [0.05, 0.1) is 0 Å². The van der Waals surface area contributed by atoms with Crippen LogP contribution in [-0.2, 0) is 10.2 Å². The normalized spacial score (nSPS) is 13.9. The molecule has 1 aromatic heterocycles. The lowest BCUT2D eigenvalue weighted by molar-refractivity contribution is 0.0854. The largest absolute Gasteiger partial charge is 0.373 e. The standard InChI is InChI=1S/C12H23N3O2/c1-5-6-9(16-4)10-14-11(17-15-10)12(2,3)7-8-13/h9H,5-8,13H2,1-4H3. The number of rotatable bonds is 7. The highest BCUT2D eigenvalue weighted by molar-refractivity contribution is 5.02. The van der Waals surface area contributed by atoms with Crippen LogP contribution in [0.25, 0.3) is 0 Å². The van der Waals surface area contributed by atoms with E-state index < -0.39 is 0 Å². The summed E-state index contributed by atoms with van der Waals surface area (Å²) in [6, 6.07) is 0. The molecule has 1 unspecified atom stereocenters. The number of hydrogen-bond donors (Lipinski definition) is 1. The molecular formula is C12H23N3O2. The van der Waals surface area contributed by atoms with Gasteiger partial charge in [0.25, 0.3) is 0 Å². The lowest BCUT2D eigenvalue weighted by Gasteiger charge is -2.18. The Morgan fingerprint density at radius 2 is 2.18 bits per heavy atom. The maximum atomic E-state index is 5.58. The Morgan fingerprint density at radius 1 is 1.47 bits per heavy atom. The summed E-state index contributed by atoms with van der Waals surface area (Å²) in [6.45, 7) is 6.82. The Morgan fingerprint density at radius 3 is 2.71 bits per heavy atom. The van der Waals surface area contributed by atoms with Crippen molar-refractivity contribution in [2.24, 2.45) is 5.73 Å². The third-order valence-electron chi connectivity index (χ3n) is 2.91. The maximum Gasteiger partial charge on any atom is 0.232 e. The van der Waals surface area contributed by atoms with E-state index in [0.717, 1.165) is 19.3 Å². The molecule has 0 aliphatic rings. The van der Waals surface area contributed by atoms with Crippen molar-refractivity contribution in [3.8, 4) is 0 Å². The van der Waals surface area contributed by atoms with E-state index in [-0.39, 0.29) is 11.5 Å². The Bertz CT molecular complexity index is 336. The van der Waals surface area contributed by atoms with Gasteiger partial charge in [0.15, 0.2) is 0 Å². The van der Waals surface area contributed by atoms with Gasteiger partial charge in [0.1, 0.15) is 6.10 Å². The molecule has 0 aliphatic heterocycles. The summed E-state index contributed by atoms with van der Waals surface area (Å²) in [5.74, 6) is 1.27. The summed E-state index contributed by atoms with van der Waals surface area (Å²) >= 11 is 0. The third-order valence-corrected chi connectivity index (χ3v) is 2.91. The fraction of sp³-hybridized carbons (Fsp3) is 0.833. The van der Waals surface area contributed by atoms with E-state index in [1.165, 1.54) is 0 Å². The van der Waals surface area contributed by atoms with Crippen LogP contribution in [0.5, 0.6) is 0 Å². The van der Waals surface area contributed by atoms with E-state index in [1.807, 2.05) is 0 Å². The molecule has 17 heavy (non-hydrogen) atoms. The first-order chi connectivity index (χ1) is 8.05. The van der Waals surface area contributed by atoms with Gasteiger partial charge in [-0.25, -0.2) is 0 Å². The highest BCUT2D eigenvalue weighted by atomic mass is 16.5. The zero-order valence-corrected chi connectivity index (χ0v) is 11.2. The van der Waals surface area contributed by atoms with Gasteiger partial charge in [-0.3, -0.25) is 0 Å². The first-order valence-corrected chi connectivity index (χ1v) is 6.12. The predicted molar refractivity (Wildman–Crippen MR) is 65.7 cm³/mol. The first-order valence-electron chi connectivity index (χ1n) is 6.12. The molecular weight excluding hydrogens is 218 g/mol. The molecule has 1 heterocycles. The molecule has 0 saturated carbocycles. The van der Waals surface area contributed by atoms with Crippen LogP contribution in [0.3, 0.4) is 0 Å². The van der Waals surface area contributed by atoms with Crippen molar-refractivity contribution in [3.05, 3.63) is 11.7 Å². The Balaban J connectivity index is 2.82. The topological polar surface area (TPSA) is 74.2 Å². The average Bonchev–Trinajstić information content (AvgIpc) is 2.75. The van der Waals surface area contributed by atoms with E-state index in [4.69, 9.17) is 15.0 Å². The van der Waals surface area contributed by atoms with Crippen molar-refractivity contribution < 1.29 is 9.26 Å². The van der Waals surface area contributed by atoms with Gasteiger partial charge in [-0.2, -0.15) is 4.98 Å². The third kappa shape index (κ3) is 3.51. The number of nitrogens with zero attached hydrogens (tertiary/aromatic N) is 2.